The van der Waals surface area contributed by atoms with E-state index in [4.69, 9.17) is 5.73 Å². The first-order chi connectivity index (χ1) is 8.96. The van der Waals surface area contributed by atoms with E-state index >= 15 is 0 Å². The second-order valence-corrected chi connectivity index (χ2v) is 6.01. The van der Waals surface area contributed by atoms with Gasteiger partial charge in [-0.25, -0.2) is 4.98 Å². The molecule has 0 aromatic carbocycles. The summed E-state index contributed by atoms with van der Waals surface area (Å²) in [6.07, 6.45) is 2.28. The Bertz CT molecular complexity index is 450. The van der Waals surface area contributed by atoms with Gasteiger partial charge in [0.2, 0.25) is 5.82 Å². The van der Waals surface area contributed by atoms with E-state index in [-0.39, 0.29) is 17.1 Å². The summed E-state index contributed by atoms with van der Waals surface area (Å²) in [4.78, 5) is 18.4. The van der Waals surface area contributed by atoms with Crippen LogP contribution in [0.1, 0.15) is 56.0 Å². The van der Waals surface area contributed by atoms with E-state index in [1.807, 2.05) is 6.92 Å². The van der Waals surface area contributed by atoms with E-state index < -0.39 is 0 Å². The number of nitrogens with zero attached hydrogens (tertiary/aromatic N) is 3. The number of aromatic amines is 1. The molecule has 1 amide bonds. The van der Waals surface area contributed by atoms with Crippen molar-refractivity contribution in [2.24, 2.45) is 11.1 Å². The van der Waals surface area contributed by atoms with Crippen LogP contribution in [-0.4, -0.2) is 45.6 Å². The van der Waals surface area contributed by atoms with Crippen molar-refractivity contribution in [3.05, 3.63) is 11.6 Å². The van der Waals surface area contributed by atoms with Gasteiger partial charge in [0.1, 0.15) is 5.82 Å². The molecule has 0 saturated heterocycles. The van der Waals surface area contributed by atoms with Gasteiger partial charge in [-0.1, -0.05) is 13.8 Å². The zero-order chi connectivity index (χ0) is 14.0. The summed E-state index contributed by atoms with van der Waals surface area (Å²) in [5.41, 5.74) is 5.63. The molecule has 1 aromatic rings. The lowest BCUT2D eigenvalue weighted by atomic mass is 9.93. The van der Waals surface area contributed by atoms with Crippen molar-refractivity contribution in [1.82, 2.24) is 20.1 Å². The van der Waals surface area contributed by atoms with Crippen LogP contribution in [0.2, 0.25) is 0 Å². The maximum Gasteiger partial charge on any atom is 0.293 e. The second kappa shape index (κ2) is 5.28. The molecular weight excluding hydrogens is 242 g/mol. The Morgan fingerprint density at radius 2 is 2.21 bits per heavy atom. The normalized spacial score (nSPS) is 15.6. The zero-order valence-corrected chi connectivity index (χ0v) is 11.9. The molecule has 19 heavy (non-hydrogen) atoms. The standard InChI is InChI=1S/C13H23N5O/c1-4-18(8-13(2,3)7-14)12(19)11-15-10(16-17-11)9-5-6-9/h9H,4-8,14H2,1-3H3,(H,15,16,17). The first-order valence-electron chi connectivity index (χ1n) is 6.88. The SMILES string of the molecule is CCN(CC(C)(C)CN)C(=O)c1n[nH]c(C2CC2)n1. The Morgan fingerprint density at radius 3 is 2.74 bits per heavy atom. The summed E-state index contributed by atoms with van der Waals surface area (Å²) in [7, 11) is 0. The molecule has 0 radical (unpaired) electrons. The Hall–Kier alpha value is -1.43. The van der Waals surface area contributed by atoms with Gasteiger partial charge in [0.05, 0.1) is 0 Å². The molecule has 3 N–H and O–H groups in total. The molecule has 6 nitrogen and oxygen atoms in total. The number of rotatable bonds is 6. The lowest BCUT2D eigenvalue weighted by Gasteiger charge is -2.30. The quantitative estimate of drug-likeness (QED) is 0.807. The summed E-state index contributed by atoms with van der Waals surface area (Å²) in [6, 6.07) is 0. The van der Waals surface area contributed by atoms with Crippen molar-refractivity contribution >= 4 is 5.91 Å². The lowest BCUT2D eigenvalue weighted by Crippen LogP contribution is -2.42. The van der Waals surface area contributed by atoms with Gasteiger partial charge in [0.25, 0.3) is 5.91 Å². The molecule has 1 fully saturated rings. The highest BCUT2D eigenvalue weighted by Crippen LogP contribution is 2.37. The number of hydrogen-bond acceptors (Lipinski definition) is 4. The monoisotopic (exact) mass is 265 g/mol. The minimum Gasteiger partial charge on any atom is -0.336 e. The highest BCUT2D eigenvalue weighted by molar-refractivity contribution is 5.90. The molecule has 1 saturated carbocycles. The van der Waals surface area contributed by atoms with Gasteiger partial charge in [-0.2, -0.15) is 0 Å². The van der Waals surface area contributed by atoms with Gasteiger partial charge in [-0.3, -0.25) is 9.89 Å². The van der Waals surface area contributed by atoms with Crippen LogP contribution in [0.25, 0.3) is 0 Å². The molecule has 0 aliphatic heterocycles. The van der Waals surface area contributed by atoms with Crippen molar-refractivity contribution in [2.45, 2.75) is 39.5 Å². The number of nitrogens with two attached hydrogens (primary N) is 1. The predicted octanol–water partition coefficient (Wildman–Crippen LogP) is 1.13. The summed E-state index contributed by atoms with van der Waals surface area (Å²) in [6.45, 7) is 7.85. The van der Waals surface area contributed by atoms with Gasteiger partial charge >= 0.3 is 0 Å². The average Bonchev–Trinajstić information content (AvgIpc) is 3.13. The Balaban J connectivity index is 2.06. The fourth-order valence-electron chi connectivity index (χ4n) is 1.96. The van der Waals surface area contributed by atoms with Gasteiger partial charge in [-0.05, 0) is 31.7 Å². The van der Waals surface area contributed by atoms with E-state index in [1.54, 1.807) is 4.90 Å². The van der Waals surface area contributed by atoms with Crippen molar-refractivity contribution in [3.63, 3.8) is 0 Å². The third-order valence-corrected chi connectivity index (χ3v) is 3.50. The molecule has 2 rings (SSSR count). The van der Waals surface area contributed by atoms with E-state index in [2.05, 4.69) is 29.0 Å². The van der Waals surface area contributed by atoms with Crippen molar-refractivity contribution in [1.29, 1.82) is 0 Å². The van der Waals surface area contributed by atoms with Crippen LogP contribution in [0.5, 0.6) is 0 Å². The number of aromatic nitrogens is 3. The van der Waals surface area contributed by atoms with Gasteiger partial charge in [0.15, 0.2) is 0 Å². The van der Waals surface area contributed by atoms with Gasteiger partial charge in [0, 0.05) is 19.0 Å². The first-order valence-corrected chi connectivity index (χ1v) is 6.88. The zero-order valence-electron chi connectivity index (χ0n) is 11.9. The Morgan fingerprint density at radius 1 is 1.53 bits per heavy atom. The summed E-state index contributed by atoms with van der Waals surface area (Å²) < 4.78 is 0. The number of carbonyl (C=O) groups excluding carboxylic acids is 1. The largest absolute Gasteiger partial charge is 0.336 e. The topological polar surface area (TPSA) is 87.9 Å². The average molecular weight is 265 g/mol. The van der Waals surface area contributed by atoms with Crippen LogP contribution < -0.4 is 5.73 Å². The molecule has 0 atom stereocenters. The van der Waals surface area contributed by atoms with Crippen molar-refractivity contribution in [2.75, 3.05) is 19.6 Å². The van der Waals surface area contributed by atoms with Crippen molar-refractivity contribution < 1.29 is 4.79 Å². The maximum absolute atomic E-state index is 12.4. The minimum absolute atomic E-state index is 0.0959. The molecular formula is C13H23N5O. The number of amides is 1. The fraction of sp³-hybridized carbons (Fsp3) is 0.769. The van der Waals surface area contributed by atoms with Crippen LogP contribution in [0.4, 0.5) is 0 Å². The van der Waals surface area contributed by atoms with E-state index in [1.165, 1.54) is 0 Å². The first kappa shape index (κ1) is 14.0. The summed E-state index contributed by atoms with van der Waals surface area (Å²) in [5, 5.41) is 6.91. The number of H-pyrrole nitrogens is 1. The summed E-state index contributed by atoms with van der Waals surface area (Å²) in [5.74, 6) is 1.48. The van der Waals surface area contributed by atoms with Crippen molar-refractivity contribution in [3.8, 4) is 0 Å². The fourth-order valence-corrected chi connectivity index (χ4v) is 1.96. The maximum atomic E-state index is 12.4. The van der Waals surface area contributed by atoms with Crippen LogP contribution >= 0.6 is 0 Å². The predicted molar refractivity (Wildman–Crippen MR) is 72.8 cm³/mol. The highest BCUT2D eigenvalue weighted by atomic mass is 16.2. The van der Waals surface area contributed by atoms with Gasteiger partial charge < -0.3 is 10.6 Å². The molecule has 1 aliphatic carbocycles. The Kier molecular flexibility index (Phi) is 3.89. The second-order valence-electron chi connectivity index (χ2n) is 6.01. The van der Waals surface area contributed by atoms with E-state index in [0.717, 1.165) is 18.7 Å². The van der Waals surface area contributed by atoms with Crippen LogP contribution in [0.3, 0.4) is 0 Å². The molecule has 1 aromatic heterocycles. The lowest BCUT2D eigenvalue weighted by molar-refractivity contribution is 0.0689. The third kappa shape index (κ3) is 3.32. The molecule has 0 spiro atoms. The van der Waals surface area contributed by atoms with Crippen LogP contribution in [0, 0.1) is 5.41 Å². The minimum atomic E-state index is -0.118. The van der Waals surface area contributed by atoms with Gasteiger partial charge in [-0.15, -0.1) is 5.10 Å². The molecule has 0 bridgehead atoms. The molecule has 106 valence electrons. The molecule has 6 heteroatoms. The Labute approximate surface area is 113 Å². The van der Waals surface area contributed by atoms with E-state index in [0.29, 0.717) is 25.6 Å². The smallest absolute Gasteiger partial charge is 0.293 e. The number of carbonyl (C=O) groups is 1. The number of hydrogen-bond donors (Lipinski definition) is 2. The highest BCUT2D eigenvalue weighted by Gasteiger charge is 2.30. The van der Waals surface area contributed by atoms with E-state index in [9.17, 15) is 4.79 Å². The summed E-state index contributed by atoms with van der Waals surface area (Å²) >= 11 is 0. The van der Waals surface area contributed by atoms with Crippen LogP contribution in [0.15, 0.2) is 0 Å². The molecule has 1 aliphatic rings. The third-order valence-electron chi connectivity index (χ3n) is 3.50. The molecule has 0 unspecified atom stereocenters. The molecule has 1 heterocycles. The van der Waals surface area contributed by atoms with Crippen LogP contribution in [-0.2, 0) is 0 Å². The number of nitrogens with one attached hydrogen (secondary N) is 1.